The normalized spacial score (nSPS) is 11.2. The standard InChI is InChI=1S/C19H18Cl2N2O2/c1-4-11-9-16-13(10-15(11)21)19(25)12-5-6-14(20)18(22(2)3)17(12)23(16)7-8-24/h5-6,8-10H,4,7H2,1-3H3. The van der Waals surface area contributed by atoms with Gasteiger partial charge in [-0.25, -0.2) is 0 Å². The van der Waals surface area contributed by atoms with Gasteiger partial charge in [0.2, 0.25) is 0 Å². The lowest BCUT2D eigenvalue weighted by Crippen LogP contribution is -2.18. The van der Waals surface area contributed by atoms with Gasteiger partial charge in [-0.2, -0.15) is 0 Å². The minimum absolute atomic E-state index is 0.114. The number of aryl methyl sites for hydroxylation is 1. The molecule has 0 aliphatic heterocycles. The molecule has 0 fully saturated rings. The summed E-state index contributed by atoms with van der Waals surface area (Å²) >= 11 is 12.7. The van der Waals surface area contributed by atoms with Crippen molar-refractivity contribution in [3.8, 4) is 0 Å². The average Bonchev–Trinajstić information content (AvgIpc) is 2.57. The Bertz CT molecular complexity index is 1060. The van der Waals surface area contributed by atoms with Crippen molar-refractivity contribution in [2.45, 2.75) is 19.9 Å². The highest BCUT2D eigenvalue weighted by molar-refractivity contribution is 6.35. The largest absolute Gasteiger partial charge is 0.375 e. The van der Waals surface area contributed by atoms with Crippen LogP contribution in [0.1, 0.15) is 12.5 Å². The monoisotopic (exact) mass is 376 g/mol. The summed E-state index contributed by atoms with van der Waals surface area (Å²) < 4.78 is 1.84. The Hall–Kier alpha value is -2.04. The van der Waals surface area contributed by atoms with Gasteiger partial charge in [-0.05, 0) is 36.2 Å². The van der Waals surface area contributed by atoms with Crippen molar-refractivity contribution in [1.82, 2.24) is 4.57 Å². The van der Waals surface area contributed by atoms with Crippen LogP contribution in [0.25, 0.3) is 21.8 Å². The Labute approximate surface area is 155 Å². The van der Waals surface area contributed by atoms with E-state index in [1.807, 2.05) is 36.6 Å². The molecule has 25 heavy (non-hydrogen) atoms. The van der Waals surface area contributed by atoms with E-state index < -0.39 is 0 Å². The van der Waals surface area contributed by atoms with Crippen molar-refractivity contribution < 1.29 is 4.79 Å². The van der Waals surface area contributed by atoms with Gasteiger partial charge in [-0.1, -0.05) is 30.1 Å². The number of rotatable bonds is 4. The minimum atomic E-state index is -0.114. The number of hydrogen-bond donors (Lipinski definition) is 0. The van der Waals surface area contributed by atoms with Crippen LogP contribution in [-0.2, 0) is 17.8 Å². The first-order valence-corrected chi connectivity index (χ1v) is 8.74. The van der Waals surface area contributed by atoms with E-state index in [4.69, 9.17) is 23.2 Å². The number of anilines is 1. The molecule has 2 aromatic carbocycles. The Balaban J connectivity index is 2.65. The van der Waals surface area contributed by atoms with Crippen LogP contribution < -0.4 is 10.3 Å². The van der Waals surface area contributed by atoms with Gasteiger partial charge in [0.05, 0.1) is 28.3 Å². The van der Waals surface area contributed by atoms with Gasteiger partial charge in [0, 0.05) is 29.9 Å². The second kappa shape index (κ2) is 6.70. The van der Waals surface area contributed by atoms with Crippen molar-refractivity contribution in [3.63, 3.8) is 0 Å². The number of carbonyl (C=O) groups excluding carboxylic acids is 1. The molecule has 0 bridgehead atoms. The molecule has 0 unspecified atom stereocenters. The van der Waals surface area contributed by atoms with Crippen LogP contribution >= 0.6 is 23.2 Å². The molecule has 1 heterocycles. The summed E-state index contributed by atoms with van der Waals surface area (Å²) in [6.45, 7) is 2.12. The SMILES string of the molecule is CCc1cc2c(cc1Cl)c(=O)c1ccc(Cl)c(N(C)C)c1n2CC=O. The Morgan fingerprint density at radius 1 is 1.12 bits per heavy atom. The molecule has 0 amide bonds. The summed E-state index contributed by atoms with van der Waals surface area (Å²) in [5, 5.41) is 2.11. The average molecular weight is 377 g/mol. The topological polar surface area (TPSA) is 42.3 Å². The smallest absolute Gasteiger partial charge is 0.197 e. The number of benzene rings is 2. The maximum atomic E-state index is 13.1. The highest BCUT2D eigenvalue weighted by atomic mass is 35.5. The molecule has 3 aromatic rings. The van der Waals surface area contributed by atoms with Crippen molar-refractivity contribution in [2.24, 2.45) is 0 Å². The third-order valence-corrected chi connectivity index (χ3v) is 5.06. The first-order chi connectivity index (χ1) is 11.9. The highest BCUT2D eigenvalue weighted by Gasteiger charge is 2.18. The zero-order chi connectivity index (χ0) is 18.3. The van der Waals surface area contributed by atoms with E-state index in [2.05, 4.69) is 0 Å². The number of halogens is 2. The summed E-state index contributed by atoms with van der Waals surface area (Å²) in [6.07, 6.45) is 1.56. The molecule has 1 aromatic heterocycles. The van der Waals surface area contributed by atoms with Gasteiger partial charge in [-0.15, -0.1) is 0 Å². The maximum Gasteiger partial charge on any atom is 0.197 e. The summed E-state index contributed by atoms with van der Waals surface area (Å²) in [7, 11) is 3.72. The van der Waals surface area contributed by atoms with E-state index >= 15 is 0 Å². The van der Waals surface area contributed by atoms with E-state index in [1.54, 1.807) is 18.2 Å². The lowest BCUT2D eigenvalue weighted by molar-refractivity contribution is -0.108. The van der Waals surface area contributed by atoms with Crippen LogP contribution in [0, 0.1) is 0 Å². The van der Waals surface area contributed by atoms with E-state index in [0.717, 1.165) is 18.3 Å². The third kappa shape index (κ3) is 2.79. The van der Waals surface area contributed by atoms with Gasteiger partial charge in [0.1, 0.15) is 6.29 Å². The summed E-state index contributed by atoms with van der Waals surface area (Å²) in [6, 6.07) is 7.00. The van der Waals surface area contributed by atoms with Crippen LogP contribution in [0.15, 0.2) is 29.1 Å². The molecular formula is C19H18Cl2N2O2. The van der Waals surface area contributed by atoms with Crippen LogP contribution in [0.5, 0.6) is 0 Å². The molecular weight excluding hydrogens is 359 g/mol. The molecule has 0 atom stereocenters. The summed E-state index contributed by atoms with van der Waals surface area (Å²) in [4.78, 5) is 26.3. The first-order valence-electron chi connectivity index (χ1n) is 7.98. The number of aldehydes is 1. The number of carbonyl (C=O) groups is 1. The van der Waals surface area contributed by atoms with Gasteiger partial charge >= 0.3 is 0 Å². The van der Waals surface area contributed by atoms with Gasteiger partial charge in [-0.3, -0.25) is 4.79 Å². The quantitative estimate of drug-likeness (QED) is 0.503. The van der Waals surface area contributed by atoms with Crippen molar-refractivity contribution in [1.29, 1.82) is 0 Å². The fourth-order valence-corrected chi connectivity index (χ4v) is 3.87. The maximum absolute atomic E-state index is 13.1. The molecule has 0 saturated carbocycles. The summed E-state index contributed by atoms with van der Waals surface area (Å²) in [5.74, 6) is 0. The lowest BCUT2D eigenvalue weighted by atomic mass is 10.0. The zero-order valence-electron chi connectivity index (χ0n) is 14.3. The second-order valence-corrected chi connectivity index (χ2v) is 6.92. The third-order valence-electron chi connectivity index (χ3n) is 4.40. The molecule has 4 nitrogen and oxygen atoms in total. The lowest BCUT2D eigenvalue weighted by Gasteiger charge is -2.22. The molecule has 0 saturated heterocycles. The summed E-state index contributed by atoms with van der Waals surface area (Å²) in [5.41, 5.74) is 2.88. The highest BCUT2D eigenvalue weighted by Crippen LogP contribution is 2.35. The van der Waals surface area contributed by atoms with Gasteiger partial charge in [0.15, 0.2) is 5.43 Å². The molecule has 130 valence electrons. The predicted molar refractivity (Wildman–Crippen MR) is 106 cm³/mol. The van der Waals surface area contributed by atoms with E-state index in [0.29, 0.717) is 37.5 Å². The van der Waals surface area contributed by atoms with E-state index in [-0.39, 0.29) is 12.0 Å². The molecule has 0 spiro atoms. The number of aromatic nitrogens is 1. The number of hydrogen-bond acceptors (Lipinski definition) is 3. The number of nitrogens with zero attached hydrogens (tertiary/aromatic N) is 2. The van der Waals surface area contributed by atoms with Crippen LogP contribution in [0.3, 0.4) is 0 Å². The molecule has 0 aliphatic rings. The molecule has 0 radical (unpaired) electrons. The Morgan fingerprint density at radius 3 is 2.44 bits per heavy atom. The molecule has 3 rings (SSSR count). The fraction of sp³-hybridized carbons (Fsp3) is 0.263. The van der Waals surface area contributed by atoms with E-state index in [9.17, 15) is 9.59 Å². The van der Waals surface area contributed by atoms with E-state index in [1.165, 1.54) is 0 Å². The minimum Gasteiger partial charge on any atom is -0.375 e. The predicted octanol–water partition coefficient (Wildman–Crippen LogP) is 4.29. The Kier molecular flexibility index (Phi) is 4.76. The van der Waals surface area contributed by atoms with Gasteiger partial charge in [0.25, 0.3) is 0 Å². The van der Waals surface area contributed by atoms with Crippen LogP contribution in [0.2, 0.25) is 10.0 Å². The number of fused-ring (bicyclic) bond motifs is 2. The molecule has 0 N–H and O–H groups in total. The van der Waals surface area contributed by atoms with Crippen LogP contribution in [-0.4, -0.2) is 24.9 Å². The van der Waals surface area contributed by atoms with Crippen LogP contribution in [0.4, 0.5) is 5.69 Å². The number of pyridine rings is 1. The fourth-order valence-electron chi connectivity index (χ4n) is 3.25. The molecule has 6 heteroatoms. The van der Waals surface area contributed by atoms with Gasteiger partial charge < -0.3 is 14.3 Å². The van der Waals surface area contributed by atoms with Crippen molar-refractivity contribution in [3.05, 3.63) is 50.1 Å². The van der Waals surface area contributed by atoms with Crippen molar-refractivity contribution in [2.75, 3.05) is 19.0 Å². The Morgan fingerprint density at radius 2 is 1.84 bits per heavy atom. The van der Waals surface area contributed by atoms with Crippen molar-refractivity contribution >= 4 is 57.0 Å². The molecule has 0 aliphatic carbocycles. The first kappa shape index (κ1) is 17.8. The second-order valence-electron chi connectivity index (χ2n) is 6.11. The zero-order valence-corrected chi connectivity index (χ0v) is 15.8.